The molecular weight excluding hydrogens is 230 g/mol. The van der Waals surface area contributed by atoms with E-state index in [-0.39, 0.29) is 0 Å². The SMILES string of the molecule is CSC1(CN)CCN(CCN2CCCC2)CC1. The molecule has 2 aliphatic heterocycles. The molecule has 0 aliphatic carbocycles. The van der Waals surface area contributed by atoms with Crippen LogP contribution in [0.5, 0.6) is 0 Å². The predicted molar refractivity (Wildman–Crippen MR) is 76.6 cm³/mol. The summed E-state index contributed by atoms with van der Waals surface area (Å²) in [6.07, 6.45) is 7.56. The highest BCUT2D eigenvalue weighted by atomic mass is 32.2. The fourth-order valence-electron chi connectivity index (χ4n) is 2.96. The summed E-state index contributed by atoms with van der Waals surface area (Å²) in [5.74, 6) is 0. The number of piperidine rings is 1. The fourth-order valence-corrected chi connectivity index (χ4v) is 3.72. The van der Waals surface area contributed by atoms with Crippen LogP contribution >= 0.6 is 11.8 Å². The van der Waals surface area contributed by atoms with E-state index in [1.807, 2.05) is 11.8 Å². The number of likely N-dealkylation sites (tertiary alicyclic amines) is 2. The molecule has 0 saturated carbocycles. The predicted octanol–water partition coefficient (Wildman–Crippen LogP) is 1.24. The molecule has 2 saturated heterocycles. The summed E-state index contributed by atoms with van der Waals surface area (Å²) in [5.41, 5.74) is 5.92. The number of nitrogens with zero attached hydrogens (tertiary/aromatic N) is 2. The Morgan fingerprint density at radius 3 is 2.00 bits per heavy atom. The monoisotopic (exact) mass is 257 g/mol. The molecule has 2 aliphatic rings. The van der Waals surface area contributed by atoms with Gasteiger partial charge in [0.15, 0.2) is 0 Å². The summed E-state index contributed by atoms with van der Waals surface area (Å²) in [6.45, 7) is 8.51. The molecule has 17 heavy (non-hydrogen) atoms. The summed E-state index contributed by atoms with van der Waals surface area (Å²) < 4.78 is 0.379. The van der Waals surface area contributed by atoms with Crippen LogP contribution in [-0.2, 0) is 0 Å². The molecule has 4 heteroatoms. The Labute approximate surface area is 110 Å². The third-order valence-corrected chi connectivity index (χ3v) is 5.94. The molecule has 0 aromatic rings. The molecule has 0 radical (unpaired) electrons. The van der Waals surface area contributed by atoms with Crippen LogP contribution < -0.4 is 5.73 Å². The third-order valence-electron chi connectivity index (χ3n) is 4.50. The minimum Gasteiger partial charge on any atom is -0.329 e. The largest absolute Gasteiger partial charge is 0.329 e. The topological polar surface area (TPSA) is 32.5 Å². The molecule has 0 aromatic heterocycles. The molecular formula is C13H27N3S. The highest BCUT2D eigenvalue weighted by molar-refractivity contribution is 8.00. The molecule has 2 rings (SSSR count). The van der Waals surface area contributed by atoms with Crippen molar-refractivity contribution in [3.05, 3.63) is 0 Å². The van der Waals surface area contributed by atoms with E-state index in [0.29, 0.717) is 4.75 Å². The minimum absolute atomic E-state index is 0.379. The van der Waals surface area contributed by atoms with Crippen molar-refractivity contribution < 1.29 is 0 Å². The number of thioether (sulfide) groups is 1. The Morgan fingerprint density at radius 1 is 1.00 bits per heavy atom. The highest BCUT2D eigenvalue weighted by Crippen LogP contribution is 2.33. The Balaban J connectivity index is 1.68. The van der Waals surface area contributed by atoms with Gasteiger partial charge < -0.3 is 15.5 Å². The lowest BCUT2D eigenvalue weighted by Crippen LogP contribution is -2.48. The minimum atomic E-state index is 0.379. The second-order valence-corrected chi connectivity index (χ2v) is 6.76. The Bertz CT molecular complexity index is 212. The maximum atomic E-state index is 5.92. The second-order valence-electron chi connectivity index (χ2n) is 5.48. The lowest BCUT2D eigenvalue weighted by Gasteiger charge is -2.40. The van der Waals surface area contributed by atoms with Crippen LogP contribution in [0.1, 0.15) is 25.7 Å². The maximum absolute atomic E-state index is 5.92. The van der Waals surface area contributed by atoms with Crippen molar-refractivity contribution >= 4 is 11.8 Å². The van der Waals surface area contributed by atoms with Crippen molar-refractivity contribution in [1.82, 2.24) is 9.80 Å². The quantitative estimate of drug-likeness (QED) is 0.803. The first-order chi connectivity index (χ1) is 8.28. The van der Waals surface area contributed by atoms with Gasteiger partial charge in [-0.3, -0.25) is 0 Å². The molecule has 2 fully saturated rings. The molecule has 0 amide bonds. The van der Waals surface area contributed by atoms with E-state index >= 15 is 0 Å². The van der Waals surface area contributed by atoms with Gasteiger partial charge in [0, 0.05) is 24.4 Å². The van der Waals surface area contributed by atoms with E-state index in [1.165, 1.54) is 65.0 Å². The van der Waals surface area contributed by atoms with Crippen molar-refractivity contribution in [2.24, 2.45) is 5.73 Å². The van der Waals surface area contributed by atoms with Crippen LogP contribution in [0.25, 0.3) is 0 Å². The van der Waals surface area contributed by atoms with Gasteiger partial charge in [-0.05, 0) is 58.1 Å². The van der Waals surface area contributed by atoms with Gasteiger partial charge in [0.2, 0.25) is 0 Å². The first-order valence-corrected chi connectivity index (χ1v) is 8.20. The van der Waals surface area contributed by atoms with Crippen LogP contribution in [0.15, 0.2) is 0 Å². The number of rotatable bonds is 5. The van der Waals surface area contributed by atoms with Crippen LogP contribution in [0, 0.1) is 0 Å². The maximum Gasteiger partial charge on any atom is 0.0303 e. The zero-order valence-corrected chi connectivity index (χ0v) is 12.0. The average molecular weight is 257 g/mol. The van der Waals surface area contributed by atoms with E-state index in [4.69, 9.17) is 5.73 Å². The van der Waals surface area contributed by atoms with E-state index in [1.54, 1.807) is 0 Å². The summed E-state index contributed by atoms with van der Waals surface area (Å²) >= 11 is 1.98. The Morgan fingerprint density at radius 2 is 1.53 bits per heavy atom. The number of nitrogens with two attached hydrogens (primary N) is 1. The molecule has 100 valence electrons. The average Bonchev–Trinajstić information content (AvgIpc) is 2.90. The molecule has 0 aromatic carbocycles. The first-order valence-electron chi connectivity index (χ1n) is 6.98. The standard InChI is InChI=1S/C13H27N3S/c1-17-13(12-14)4-8-16(9-5-13)11-10-15-6-2-3-7-15/h2-12,14H2,1H3. The lowest BCUT2D eigenvalue weighted by molar-refractivity contribution is 0.178. The van der Waals surface area contributed by atoms with Gasteiger partial charge in [0.25, 0.3) is 0 Å². The summed E-state index contributed by atoms with van der Waals surface area (Å²) in [5, 5.41) is 0. The Kier molecular flexibility index (Phi) is 5.15. The molecule has 3 nitrogen and oxygen atoms in total. The fraction of sp³-hybridized carbons (Fsp3) is 1.00. The van der Waals surface area contributed by atoms with Gasteiger partial charge in [-0.25, -0.2) is 0 Å². The number of hydrogen-bond donors (Lipinski definition) is 1. The zero-order valence-electron chi connectivity index (χ0n) is 11.2. The van der Waals surface area contributed by atoms with Gasteiger partial charge in [-0.15, -0.1) is 0 Å². The first kappa shape index (κ1) is 13.7. The van der Waals surface area contributed by atoms with E-state index in [0.717, 1.165) is 6.54 Å². The second kappa shape index (κ2) is 6.41. The van der Waals surface area contributed by atoms with Gasteiger partial charge >= 0.3 is 0 Å². The van der Waals surface area contributed by atoms with Crippen LogP contribution in [0.2, 0.25) is 0 Å². The normalized spacial score (nSPS) is 26.5. The molecule has 0 spiro atoms. The van der Waals surface area contributed by atoms with Crippen molar-refractivity contribution in [2.45, 2.75) is 30.4 Å². The molecule has 2 N–H and O–H groups in total. The van der Waals surface area contributed by atoms with E-state index < -0.39 is 0 Å². The van der Waals surface area contributed by atoms with Gasteiger partial charge in [-0.2, -0.15) is 11.8 Å². The Hall–Kier alpha value is 0.230. The summed E-state index contributed by atoms with van der Waals surface area (Å²) in [7, 11) is 0. The van der Waals surface area contributed by atoms with Gasteiger partial charge in [-0.1, -0.05) is 0 Å². The number of hydrogen-bond acceptors (Lipinski definition) is 4. The lowest BCUT2D eigenvalue weighted by atomic mass is 9.96. The van der Waals surface area contributed by atoms with Gasteiger partial charge in [0.1, 0.15) is 0 Å². The van der Waals surface area contributed by atoms with Crippen molar-refractivity contribution in [1.29, 1.82) is 0 Å². The summed E-state index contributed by atoms with van der Waals surface area (Å²) in [6, 6.07) is 0. The molecule has 0 unspecified atom stereocenters. The van der Waals surface area contributed by atoms with Crippen molar-refractivity contribution in [2.75, 3.05) is 52.1 Å². The zero-order chi connectivity index (χ0) is 12.1. The van der Waals surface area contributed by atoms with Crippen LogP contribution in [0.4, 0.5) is 0 Å². The third kappa shape index (κ3) is 3.60. The summed E-state index contributed by atoms with van der Waals surface area (Å²) in [4.78, 5) is 5.24. The van der Waals surface area contributed by atoms with E-state index in [9.17, 15) is 0 Å². The van der Waals surface area contributed by atoms with Crippen LogP contribution in [-0.4, -0.2) is 66.6 Å². The van der Waals surface area contributed by atoms with E-state index in [2.05, 4.69) is 16.1 Å². The van der Waals surface area contributed by atoms with Crippen molar-refractivity contribution in [3.8, 4) is 0 Å². The van der Waals surface area contributed by atoms with Crippen LogP contribution in [0.3, 0.4) is 0 Å². The molecule has 2 heterocycles. The highest BCUT2D eigenvalue weighted by Gasteiger charge is 2.32. The van der Waals surface area contributed by atoms with Crippen molar-refractivity contribution in [3.63, 3.8) is 0 Å². The smallest absolute Gasteiger partial charge is 0.0303 e. The molecule has 0 atom stereocenters. The molecule has 0 bridgehead atoms. The van der Waals surface area contributed by atoms with Gasteiger partial charge in [0.05, 0.1) is 0 Å².